The molecule has 0 heterocycles. The highest BCUT2D eigenvalue weighted by Crippen LogP contribution is 2.50. The highest BCUT2D eigenvalue weighted by molar-refractivity contribution is 6.19. The van der Waals surface area contributed by atoms with Crippen molar-refractivity contribution in [3.05, 3.63) is 278 Å². The first-order valence-corrected chi connectivity index (χ1v) is 28.2. The van der Waals surface area contributed by atoms with Gasteiger partial charge in [0.25, 0.3) is 0 Å². The average Bonchev–Trinajstić information content (AvgIpc) is 3.52. The molecule has 10 aliphatic rings. The van der Waals surface area contributed by atoms with Gasteiger partial charge in [-0.05, 0) is 223 Å². The molecule has 14 rings (SSSR count). The summed E-state index contributed by atoms with van der Waals surface area (Å²) in [5, 5.41) is 8.18. The quantitative estimate of drug-likeness (QED) is 0.154. The molecule has 4 aromatic carbocycles. The maximum absolute atomic E-state index is 2.73. The molecule has 0 saturated carbocycles. The van der Waals surface area contributed by atoms with Crippen LogP contribution < -0.4 is 10.4 Å². The Morgan fingerprint density at radius 1 is 0.378 bits per heavy atom. The largest absolute Gasteiger partial charge is 0.0842 e. The van der Waals surface area contributed by atoms with Crippen LogP contribution in [0.2, 0.25) is 0 Å². The second-order valence-electron chi connectivity index (χ2n) is 22.5. The minimum atomic E-state index is 0.306. The minimum absolute atomic E-state index is 0.306. The van der Waals surface area contributed by atoms with Gasteiger partial charge in [0, 0.05) is 5.92 Å². The van der Waals surface area contributed by atoms with E-state index in [0.717, 1.165) is 83.5 Å². The topological polar surface area (TPSA) is 0 Å². The molecule has 0 spiro atoms. The zero-order chi connectivity index (χ0) is 49.0. The van der Waals surface area contributed by atoms with Crippen molar-refractivity contribution in [3.63, 3.8) is 0 Å². The molecular formula is C74H66. The fourth-order valence-corrected chi connectivity index (χ4v) is 14.3. The maximum Gasteiger partial charge on any atom is 0.00652 e. The van der Waals surface area contributed by atoms with E-state index in [2.05, 4.69) is 213 Å². The monoisotopic (exact) mass is 955 g/mol. The van der Waals surface area contributed by atoms with Crippen LogP contribution in [0.25, 0.3) is 49.9 Å². The summed E-state index contributed by atoms with van der Waals surface area (Å²) in [6.45, 7) is 0. The first-order chi connectivity index (χ1) is 36.7. The molecule has 0 N–H and O–H groups in total. The van der Waals surface area contributed by atoms with Crippen molar-refractivity contribution in [2.24, 2.45) is 29.6 Å². The number of allylic oxidation sites excluding steroid dienone is 34. The highest BCUT2D eigenvalue weighted by Gasteiger charge is 2.33. The van der Waals surface area contributed by atoms with Crippen LogP contribution in [0.4, 0.5) is 0 Å². The lowest BCUT2D eigenvalue weighted by molar-refractivity contribution is 0.464. The van der Waals surface area contributed by atoms with Gasteiger partial charge >= 0.3 is 0 Å². The lowest BCUT2D eigenvalue weighted by Crippen LogP contribution is -2.34. The first-order valence-electron chi connectivity index (χ1n) is 28.2. The van der Waals surface area contributed by atoms with Gasteiger partial charge in [-0.25, -0.2) is 0 Å². The Hall–Kier alpha value is -7.28. The Morgan fingerprint density at radius 2 is 0.973 bits per heavy atom. The van der Waals surface area contributed by atoms with Crippen LogP contribution in [0.5, 0.6) is 0 Å². The molecule has 10 aliphatic carbocycles. The van der Waals surface area contributed by atoms with E-state index < -0.39 is 0 Å². The van der Waals surface area contributed by atoms with E-state index in [-0.39, 0.29) is 0 Å². The Kier molecular flexibility index (Phi) is 12.0. The summed E-state index contributed by atoms with van der Waals surface area (Å²) in [5.74, 6) is 2.02. The summed E-state index contributed by atoms with van der Waals surface area (Å²) in [5.41, 5.74) is 21.7. The third-order valence-corrected chi connectivity index (χ3v) is 18.0. The van der Waals surface area contributed by atoms with E-state index in [9.17, 15) is 0 Å². The second-order valence-corrected chi connectivity index (χ2v) is 22.5. The van der Waals surface area contributed by atoms with Crippen LogP contribution in [0, 0.1) is 29.6 Å². The number of rotatable bonds is 8. The van der Waals surface area contributed by atoms with Crippen LogP contribution in [-0.2, 0) is 0 Å². The molecule has 0 radical (unpaired) electrons. The van der Waals surface area contributed by atoms with E-state index in [1.165, 1.54) is 116 Å². The van der Waals surface area contributed by atoms with Crippen molar-refractivity contribution in [1.82, 2.24) is 0 Å². The molecule has 0 amide bonds. The molecule has 0 fully saturated rings. The molecule has 0 aromatic heterocycles. The molecule has 4 aromatic rings. The number of hydrogen-bond donors (Lipinski definition) is 0. The summed E-state index contributed by atoms with van der Waals surface area (Å²) >= 11 is 0. The first kappa shape index (κ1) is 45.3. The molecule has 0 nitrogen and oxygen atoms in total. The van der Waals surface area contributed by atoms with Gasteiger partial charge in [-0.3, -0.25) is 0 Å². The van der Waals surface area contributed by atoms with Gasteiger partial charge in [-0.1, -0.05) is 213 Å². The third-order valence-electron chi connectivity index (χ3n) is 18.0. The lowest BCUT2D eigenvalue weighted by atomic mass is 9.70. The predicted octanol–water partition coefficient (Wildman–Crippen LogP) is 17.9. The molecule has 0 saturated heterocycles. The van der Waals surface area contributed by atoms with Gasteiger partial charge in [-0.2, -0.15) is 0 Å². The average molecular weight is 955 g/mol. The van der Waals surface area contributed by atoms with Crippen LogP contribution >= 0.6 is 0 Å². The predicted molar refractivity (Wildman–Crippen MR) is 315 cm³/mol. The molecule has 362 valence electrons. The van der Waals surface area contributed by atoms with Crippen molar-refractivity contribution < 1.29 is 0 Å². The summed E-state index contributed by atoms with van der Waals surface area (Å²) in [6.07, 6.45) is 73.3. The van der Waals surface area contributed by atoms with Gasteiger partial charge in [0.15, 0.2) is 0 Å². The Labute approximate surface area is 438 Å². The maximum atomic E-state index is 2.73. The zero-order valence-electron chi connectivity index (χ0n) is 42.8. The molecule has 5 atom stereocenters. The van der Waals surface area contributed by atoms with Gasteiger partial charge in [0.1, 0.15) is 0 Å². The van der Waals surface area contributed by atoms with Crippen LogP contribution in [0.1, 0.15) is 89.0 Å². The lowest BCUT2D eigenvalue weighted by Gasteiger charge is -2.34. The SMILES string of the molecule is C1=CCCC(C2=CC(C3=CC(C4C=C(C5=CCCC=C5)C=C(C5=CC=CCC5)C4)CC(c4c5ccccc5c(-c5cccc6c5=CCC5C=C7CCC=CC7=CC=65)c5ccccc45)=C3)=CC(C3C=CC=CC3)C2)=C1. The van der Waals surface area contributed by atoms with E-state index in [0.29, 0.717) is 29.6 Å². The highest BCUT2D eigenvalue weighted by atomic mass is 14.4. The molecular weight excluding hydrogens is 889 g/mol. The van der Waals surface area contributed by atoms with E-state index in [1.54, 1.807) is 0 Å². The van der Waals surface area contributed by atoms with Crippen LogP contribution in [-0.4, -0.2) is 0 Å². The summed E-state index contributed by atoms with van der Waals surface area (Å²) in [4.78, 5) is 0. The smallest absolute Gasteiger partial charge is 0.00652 e. The fourth-order valence-electron chi connectivity index (χ4n) is 14.3. The third kappa shape index (κ3) is 8.41. The molecule has 5 unspecified atom stereocenters. The molecule has 0 aliphatic heterocycles. The number of benzene rings is 4. The molecule has 74 heavy (non-hydrogen) atoms. The Balaban J connectivity index is 0.963. The normalized spacial score (nSPS) is 25.9. The van der Waals surface area contributed by atoms with Crippen molar-refractivity contribution in [2.75, 3.05) is 0 Å². The van der Waals surface area contributed by atoms with E-state index in [4.69, 9.17) is 0 Å². The van der Waals surface area contributed by atoms with Gasteiger partial charge in [0.05, 0.1) is 0 Å². The van der Waals surface area contributed by atoms with Gasteiger partial charge < -0.3 is 0 Å². The number of hydrogen-bond acceptors (Lipinski definition) is 0. The summed E-state index contributed by atoms with van der Waals surface area (Å²) < 4.78 is 0. The van der Waals surface area contributed by atoms with Gasteiger partial charge in [0.2, 0.25) is 0 Å². The van der Waals surface area contributed by atoms with Crippen LogP contribution in [0.3, 0.4) is 0 Å². The Morgan fingerprint density at radius 3 is 1.61 bits per heavy atom. The summed E-state index contributed by atoms with van der Waals surface area (Å²) in [7, 11) is 0. The second kappa shape index (κ2) is 19.5. The van der Waals surface area contributed by atoms with Crippen molar-refractivity contribution >= 4 is 38.8 Å². The van der Waals surface area contributed by atoms with E-state index >= 15 is 0 Å². The molecule has 0 bridgehead atoms. The van der Waals surface area contributed by atoms with Crippen LogP contribution in [0.15, 0.2) is 262 Å². The molecule has 0 heteroatoms. The zero-order valence-corrected chi connectivity index (χ0v) is 42.8. The van der Waals surface area contributed by atoms with Crippen molar-refractivity contribution in [3.8, 4) is 11.1 Å². The van der Waals surface area contributed by atoms with Crippen molar-refractivity contribution in [1.29, 1.82) is 0 Å². The van der Waals surface area contributed by atoms with E-state index in [1.807, 2.05) is 0 Å². The summed E-state index contributed by atoms with van der Waals surface area (Å²) in [6, 6.07) is 26.0. The standard InChI is InChI=1S/C74H66/c1-5-20-49(21-6-1)56-39-57(50-22-7-2-8-23-50)42-60(41-56)62-45-63(61-43-58(51-24-9-3-10-25-51)40-59(44-61)52-26-11-4-12-27-52)47-64(46-62)73-68-30-15-17-32-70(68)74(71-33-18-16-31-69(71)73)67-35-19-34-65-66(67)37-36-55-38-53-28-13-14-29-54(53)48-72(55)65/h1-3,5-7,9,11,14-20,22,24,26-27,29-35,37-38,40-42,44-46,48-49,55-56,61,63H,4,8,10,12-13,21,23,25,28,36,39,43,47H2. The Bertz CT molecular complexity index is 3690. The van der Waals surface area contributed by atoms with Gasteiger partial charge in [-0.15, -0.1) is 0 Å². The van der Waals surface area contributed by atoms with Crippen molar-refractivity contribution in [2.45, 2.75) is 83.5 Å². The minimum Gasteiger partial charge on any atom is -0.0842 e. The fraction of sp³-hybridized carbons (Fsp3) is 0.243. The number of fused-ring (bicyclic) bond motifs is 5.